The van der Waals surface area contributed by atoms with Crippen molar-refractivity contribution in [3.63, 3.8) is 0 Å². The molecule has 0 amide bonds. The van der Waals surface area contributed by atoms with E-state index in [1.807, 2.05) is 0 Å². The minimum absolute atomic E-state index is 0.0340. The largest absolute Gasteiger partial charge is 0.326 e. The molecule has 0 atom stereocenters. The second-order valence-electron chi connectivity index (χ2n) is 1.07. The van der Waals surface area contributed by atoms with Crippen LogP contribution < -0.4 is 5.73 Å². The second-order valence-corrected chi connectivity index (χ2v) is 1.69. The molecule has 38 valence electrons. The predicted molar refractivity (Wildman–Crippen MR) is 29.4 cm³/mol. The summed E-state index contributed by atoms with van der Waals surface area (Å²) in [6.07, 6.45) is 0. The third kappa shape index (κ3) is 2.76. The number of nitrogens with two attached hydrogens (primary N) is 1. The van der Waals surface area contributed by atoms with Gasteiger partial charge in [0.15, 0.2) is 0 Å². The fourth-order valence-electron chi connectivity index (χ4n) is 0.0412. The molecular formula is C3H7Cl2N. The Morgan fingerprint density at radius 1 is 1.33 bits per heavy atom. The van der Waals surface area contributed by atoms with E-state index < -0.39 is 0 Å². The van der Waals surface area contributed by atoms with Crippen LogP contribution in [0.4, 0.5) is 0 Å². The smallest absolute Gasteiger partial charge is 0.0386 e. The van der Waals surface area contributed by atoms with Crippen molar-refractivity contribution in [3.05, 3.63) is 0 Å². The molecule has 1 nitrogen and oxygen atoms in total. The number of halogens is 2. The Balaban J connectivity index is 2.75. The number of rotatable bonds is 2. The Labute approximate surface area is 47.4 Å². The lowest BCUT2D eigenvalue weighted by Gasteiger charge is -1.96. The molecule has 6 heavy (non-hydrogen) atoms. The van der Waals surface area contributed by atoms with Crippen LogP contribution in [0.25, 0.3) is 0 Å². The summed E-state index contributed by atoms with van der Waals surface area (Å²) in [5, 5.41) is 0. The Morgan fingerprint density at radius 2 is 1.67 bits per heavy atom. The van der Waals surface area contributed by atoms with Crippen molar-refractivity contribution < 1.29 is 0 Å². The first-order chi connectivity index (χ1) is 2.81. The molecule has 0 aliphatic rings. The molecule has 0 aromatic rings. The van der Waals surface area contributed by atoms with Gasteiger partial charge in [0.05, 0.1) is 0 Å². The molecular weight excluding hydrogens is 121 g/mol. The van der Waals surface area contributed by atoms with Gasteiger partial charge in [0.1, 0.15) is 0 Å². The van der Waals surface area contributed by atoms with E-state index >= 15 is 0 Å². The van der Waals surface area contributed by atoms with Gasteiger partial charge < -0.3 is 5.73 Å². The third-order valence-electron chi connectivity index (χ3n) is 0.396. The van der Waals surface area contributed by atoms with Gasteiger partial charge in [0.25, 0.3) is 0 Å². The van der Waals surface area contributed by atoms with Gasteiger partial charge in [-0.05, 0) is 0 Å². The molecule has 2 N–H and O–H groups in total. The van der Waals surface area contributed by atoms with Crippen LogP contribution >= 0.6 is 23.2 Å². The lowest BCUT2D eigenvalue weighted by atomic mass is 10.4. The van der Waals surface area contributed by atoms with Crippen LogP contribution in [-0.2, 0) is 0 Å². The van der Waals surface area contributed by atoms with Crippen LogP contribution in [0.2, 0.25) is 0 Å². The van der Waals surface area contributed by atoms with Gasteiger partial charge in [-0.3, -0.25) is 0 Å². The van der Waals surface area contributed by atoms with Gasteiger partial charge in [0, 0.05) is 17.8 Å². The molecule has 0 unspecified atom stereocenters. The summed E-state index contributed by atoms with van der Waals surface area (Å²) in [7, 11) is 0. The SMILES string of the molecule is NC(CCl)CCl. The maximum Gasteiger partial charge on any atom is 0.0386 e. The van der Waals surface area contributed by atoms with Crippen molar-refractivity contribution in [2.24, 2.45) is 5.73 Å². The van der Waals surface area contributed by atoms with Crippen LogP contribution in [0.15, 0.2) is 0 Å². The Bertz CT molecular complexity index is 28.0. The van der Waals surface area contributed by atoms with Crippen LogP contribution in [-0.4, -0.2) is 17.8 Å². The Morgan fingerprint density at radius 3 is 1.67 bits per heavy atom. The molecule has 0 radical (unpaired) electrons. The summed E-state index contributed by atoms with van der Waals surface area (Å²) in [6.45, 7) is 0. The molecule has 0 aliphatic carbocycles. The van der Waals surface area contributed by atoms with Crippen molar-refractivity contribution in [1.29, 1.82) is 0 Å². The zero-order valence-electron chi connectivity index (χ0n) is 3.32. The fourth-order valence-corrected chi connectivity index (χ4v) is 0.371. The summed E-state index contributed by atoms with van der Waals surface area (Å²) in [4.78, 5) is 0. The summed E-state index contributed by atoms with van der Waals surface area (Å²) in [5.74, 6) is 0.896. The molecule has 3 heteroatoms. The van der Waals surface area contributed by atoms with E-state index in [0.29, 0.717) is 11.8 Å². The first-order valence-electron chi connectivity index (χ1n) is 1.68. The molecule has 0 aliphatic heterocycles. The van der Waals surface area contributed by atoms with Gasteiger partial charge in [-0.15, -0.1) is 23.2 Å². The fraction of sp³-hybridized carbons (Fsp3) is 1.00. The normalized spacial score (nSPS) is 10.0. The number of hydrogen-bond donors (Lipinski definition) is 1. The van der Waals surface area contributed by atoms with E-state index in [2.05, 4.69) is 0 Å². The second kappa shape index (κ2) is 3.72. The maximum absolute atomic E-state index is 5.24. The standard InChI is InChI=1S/C3H7Cl2N/c4-1-3(6)2-5/h3H,1-2,6H2. The zero-order chi connectivity index (χ0) is 4.99. The molecule has 0 aromatic carbocycles. The van der Waals surface area contributed by atoms with Crippen molar-refractivity contribution in [1.82, 2.24) is 0 Å². The maximum atomic E-state index is 5.24. The lowest BCUT2D eigenvalue weighted by Crippen LogP contribution is -2.22. The van der Waals surface area contributed by atoms with Crippen LogP contribution in [0, 0.1) is 0 Å². The van der Waals surface area contributed by atoms with Crippen molar-refractivity contribution in [2.45, 2.75) is 6.04 Å². The monoisotopic (exact) mass is 127 g/mol. The van der Waals surface area contributed by atoms with E-state index in [4.69, 9.17) is 28.9 Å². The third-order valence-corrected chi connectivity index (χ3v) is 1.19. The van der Waals surface area contributed by atoms with E-state index in [0.717, 1.165) is 0 Å². The van der Waals surface area contributed by atoms with Gasteiger partial charge in [0.2, 0.25) is 0 Å². The van der Waals surface area contributed by atoms with E-state index in [1.54, 1.807) is 0 Å². The number of hydrogen-bond acceptors (Lipinski definition) is 1. The van der Waals surface area contributed by atoms with Crippen molar-refractivity contribution in [3.8, 4) is 0 Å². The highest BCUT2D eigenvalue weighted by molar-refractivity contribution is 6.21. The predicted octanol–water partition coefficient (Wildman–Crippen LogP) is 0.791. The Kier molecular flexibility index (Phi) is 4.06. The van der Waals surface area contributed by atoms with E-state index in [-0.39, 0.29) is 6.04 Å². The average molecular weight is 128 g/mol. The summed E-state index contributed by atoms with van der Waals surface area (Å²) < 4.78 is 0. The van der Waals surface area contributed by atoms with Gasteiger partial charge in [-0.25, -0.2) is 0 Å². The molecule has 0 spiro atoms. The molecule has 0 saturated carbocycles. The average Bonchev–Trinajstić information content (AvgIpc) is 1.65. The van der Waals surface area contributed by atoms with Crippen LogP contribution in [0.3, 0.4) is 0 Å². The highest BCUT2D eigenvalue weighted by atomic mass is 35.5. The Hall–Kier alpha value is 0.540. The molecule has 0 rings (SSSR count). The summed E-state index contributed by atoms with van der Waals surface area (Å²) in [5.41, 5.74) is 5.21. The van der Waals surface area contributed by atoms with Crippen LogP contribution in [0.1, 0.15) is 0 Å². The zero-order valence-corrected chi connectivity index (χ0v) is 4.84. The first-order valence-corrected chi connectivity index (χ1v) is 2.75. The van der Waals surface area contributed by atoms with Gasteiger partial charge in [-0.1, -0.05) is 0 Å². The van der Waals surface area contributed by atoms with E-state index in [1.165, 1.54) is 0 Å². The molecule has 0 heterocycles. The lowest BCUT2D eigenvalue weighted by molar-refractivity contribution is 0.850. The quantitative estimate of drug-likeness (QED) is 0.546. The van der Waals surface area contributed by atoms with E-state index in [9.17, 15) is 0 Å². The molecule has 0 aromatic heterocycles. The van der Waals surface area contributed by atoms with Crippen molar-refractivity contribution in [2.75, 3.05) is 11.8 Å². The highest BCUT2D eigenvalue weighted by Gasteiger charge is 1.92. The molecule has 0 saturated heterocycles. The molecule has 0 fully saturated rings. The van der Waals surface area contributed by atoms with Crippen LogP contribution in [0.5, 0.6) is 0 Å². The minimum atomic E-state index is -0.0340. The van der Waals surface area contributed by atoms with Crippen molar-refractivity contribution >= 4 is 23.2 Å². The summed E-state index contributed by atoms with van der Waals surface area (Å²) in [6, 6.07) is -0.0340. The molecule has 0 bridgehead atoms. The van der Waals surface area contributed by atoms with Gasteiger partial charge >= 0.3 is 0 Å². The number of alkyl halides is 2. The minimum Gasteiger partial charge on any atom is -0.326 e. The highest BCUT2D eigenvalue weighted by Crippen LogP contribution is 1.84. The topological polar surface area (TPSA) is 26.0 Å². The first kappa shape index (κ1) is 6.54. The van der Waals surface area contributed by atoms with Gasteiger partial charge in [-0.2, -0.15) is 0 Å². The summed E-state index contributed by atoms with van der Waals surface area (Å²) >= 11 is 10.5.